The largest absolute Gasteiger partial charge is 0.481 e. The van der Waals surface area contributed by atoms with E-state index in [9.17, 15) is 14.0 Å². The molecule has 0 bridgehead atoms. The van der Waals surface area contributed by atoms with Crippen LogP contribution in [0.25, 0.3) is 10.9 Å². The summed E-state index contributed by atoms with van der Waals surface area (Å²) in [7, 11) is 0. The van der Waals surface area contributed by atoms with Crippen molar-refractivity contribution in [2.45, 2.75) is 19.8 Å². The third-order valence-corrected chi connectivity index (χ3v) is 6.20. The molecule has 0 unspecified atom stereocenters. The summed E-state index contributed by atoms with van der Waals surface area (Å²) in [6.45, 7) is 3.44. The van der Waals surface area contributed by atoms with Crippen LogP contribution in [0.2, 0.25) is 10.0 Å². The highest BCUT2D eigenvalue weighted by Gasteiger charge is 2.15. The number of carbonyl (C=O) groups excluding carboxylic acids is 1. The van der Waals surface area contributed by atoms with Crippen molar-refractivity contribution in [2.24, 2.45) is 5.10 Å². The van der Waals surface area contributed by atoms with Crippen molar-refractivity contribution in [3.63, 3.8) is 0 Å². The van der Waals surface area contributed by atoms with E-state index < -0.39 is 18.3 Å². The van der Waals surface area contributed by atoms with E-state index in [1.54, 1.807) is 30.3 Å². The molecule has 4 aromatic rings. The Labute approximate surface area is 230 Å². The summed E-state index contributed by atoms with van der Waals surface area (Å²) in [4.78, 5) is 30.0. The lowest BCUT2D eigenvalue weighted by Gasteiger charge is -2.12. The number of carbonyl (C=O) groups is 1. The summed E-state index contributed by atoms with van der Waals surface area (Å²) >= 11 is 16.1. The SMILES string of the molecule is CC(C)c1nc2ccc(Br)cc2c(=O)n1N=Cc1cc(Cl)c(OCC(=O)Nc2cccc(F)c2)c(Cl)c1. The molecular formula is C26H20BrCl2FN4O3. The maximum atomic E-state index is 13.3. The van der Waals surface area contributed by atoms with E-state index in [1.807, 2.05) is 19.9 Å². The highest BCUT2D eigenvalue weighted by molar-refractivity contribution is 9.10. The van der Waals surface area contributed by atoms with Gasteiger partial charge in [0, 0.05) is 16.1 Å². The Morgan fingerprint density at radius 2 is 1.92 bits per heavy atom. The average Bonchev–Trinajstić information content (AvgIpc) is 2.83. The Kier molecular flexibility index (Phi) is 8.26. The molecule has 1 N–H and O–H groups in total. The molecule has 0 spiro atoms. The first kappa shape index (κ1) is 26.8. The lowest BCUT2D eigenvalue weighted by atomic mass is 10.2. The third kappa shape index (κ3) is 6.36. The molecule has 1 aromatic heterocycles. The highest BCUT2D eigenvalue weighted by atomic mass is 79.9. The van der Waals surface area contributed by atoms with Crippen LogP contribution in [0.1, 0.15) is 31.2 Å². The molecule has 3 aromatic carbocycles. The van der Waals surface area contributed by atoms with Crippen molar-refractivity contribution in [1.82, 2.24) is 9.66 Å². The van der Waals surface area contributed by atoms with Gasteiger partial charge in [-0.15, -0.1) is 0 Å². The van der Waals surface area contributed by atoms with Crippen molar-refractivity contribution >= 4 is 67.8 Å². The zero-order valence-electron chi connectivity index (χ0n) is 19.6. The second-order valence-corrected chi connectivity index (χ2v) is 10.0. The molecule has 0 saturated carbocycles. The van der Waals surface area contributed by atoms with Gasteiger partial charge in [0.15, 0.2) is 12.4 Å². The van der Waals surface area contributed by atoms with Crippen LogP contribution in [0.4, 0.5) is 10.1 Å². The summed E-state index contributed by atoms with van der Waals surface area (Å²) in [6.07, 6.45) is 1.44. The Bertz CT molecular complexity index is 1570. The Morgan fingerprint density at radius 3 is 2.59 bits per heavy atom. The van der Waals surface area contributed by atoms with E-state index in [-0.39, 0.29) is 27.3 Å². The van der Waals surface area contributed by atoms with Crippen molar-refractivity contribution in [1.29, 1.82) is 0 Å². The van der Waals surface area contributed by atoms with E-state index in [1.165, 1.54) is 29.1 Å². The number of anilines is 1. The number of aromatic nitrogens is 2. The predicted octanol–water partition coefficient (Wildman–Crippen LogP) is 6.63. The first-order valence-corrected chi connectivity index (χ1v) is 12.6. The molecule has 11 heteroatoms. The number of benzene rings is 3. The molecule has 0 saturated heterocycles. The van der Waals surface area contributed by atoms with Gasteiger partial charge in [-0.3, -0.25) is 9.59 Å². The van der Waals surface area contributed by atoms with Crippen molar-refractivity contribution < 1.29 is 13.9 Å². The van der Waals surface area contributed by atoms with Gasteiger partial charge in [-0.2, -0.15) is 9.78 Å². The molecule has 1 heterocycles. The van der Waals surface area contributed by atoms with Crippen LogP contribution < -0.4 is 15.6 Å². The van der Waals surface area contributed by atoms with E-state index in [0.29, 0.717) is 28.0 Å². The predicted molar refractivity (Wildman–Crippen MR) is 148 cm³/mol. The molecule has 0 radical (unpaired) electrons. The van der Waals surface area contributed by atoms with Gasteiger partial charge in [0.25, 0.3) is 11.5 Å². The smallest absolute Gasteiger partial charge is 0.282 e. The number of ether oxygens (including phenoxy) is 1. The molecule has 0 fully saturated rings. The molecule has 0 atom stereocenters. The number of halogens is 4. The van der Waals surface area contributed by atoms with E-state index in [4.69, 9.17) is 27.9 Å². The standard InChI is InChI=1S/C26H20BrCl2FN4O3/c1-14(2)25-33-22-7-6-16(27)10-19(22)26(36)34(25)31-12-15-8-20(28)24(21(29)9-15)37-13-23(35)32-18-5-3-4-17(30)11-18/h3-12,14H,13H2,1-2H3,(H,32,35). The first-order valence-electron chi connectivity index (χ1n) is 11.1. The third-order valence-electron chi connectivity index (χ3n) is 5.15. The number of hydrogen-bond donors (Lipinski definition) is 1. The number of amides is 1. The lowest BCUT2D eigenvalue weighted by molar-refractivity contribution is -0.118. The van der Waals surface area contributed by atoms with Crippen LogP contribution in [0.15, 0.2) is 69.0 Å². The topological polar surface area (TPSA) is 85.6 Å². The molecule has 0 aliphatic rings. The van der Waals surface area contributed by atoms with Crippen LogP contribution in [0, 0.1) is 5.82 Å². The van der Waals surface area contributed by atoms with Crippen LogP contribution in [0.5, 0.6) is 5.75 Å². The molecule has 1 amide bonds. The summed E-state index contributed by atoms with van der Waals surface area (Å²) in [5.74, 6) is -0.458. The molecule has 0 aliphatic carbocycles. The minimum atomic E-state index is -0.514. The lowest BCUT2D eigenvalue weighted by Crippen LogP contribution is -2.23. The number of nitrogens with zero attached hydrogens (tertiary/aromatic N) is 3. The van der Waals surface area contributed by atoms with E-state index in [2.05, 4.69) is 31.3 Å². The quantitative estimate of drug-likeness (QED) is 0.240. The molecule has 190 valence electrons. The summed E-state index contributed by atoms with van der Waals surface area (Å²) in [5, 5.41) is 7.60. The van der Waals surface area contributed by atoms with Gasteiger partial charge in [0.05, 0.1) is 27.2 Å². The monoisotopic (exact) mass is 604 g/mol. The van der Waals surface area contributed by atoms with Gasteiger partial charge >= 0.3 is 0 Å². The zero-order chi connectivity index (χ0) is 26.7. The maximum absolute atomic E-state index is 13.3. The van der Waals surface area contributed by atoms with Gasteiger partial charge in [0.1, 0.15) is 11.6 Å². The Morgan fingerprint density at radius 1 is 1.19 bits per heavy atom. The zero-order valence-corrected chi connectivity index (χ0v) is 22.7. The molecular weight excluding hydrogens is 586 g/mol. The van der Waals surface area contributed by atoms with Crippen LogP contribution in [-0.2, 0) is 4.79 Å². The van der Waals surface area contributed by atoms with Crippen molar-refractivity contribution in [3.8, 4) is 5.75 Å². The van der Waals surface area contributed by atoms with E-state index in [0.717, 1.165) is 4.47 Å². The normalized spacial score (nSPS) is 11.4. The van der Waals surface area contributed by atoms with Gasteiger partial charge < -0.3 is 10.1 Å². The van der Waals surface area contributed by atoms with Gasteiger partial charge in [-0.05, 0) is 54.1 Å². The fourth-order valence-electron chi connectivity index (χ4n) is 3.47. The summed E-state index contributed by atoms with van der Waals surface area (Å²) in [6, 6.07) is 13.9. The molecule has 0 aliphatic heterocycles. The highest BCUT2D eigenvalue weighted by Crippen LogP contribution is 2.34. The molecule has 37 heavy (non-hydrogen) atoms. The van der Waals surface area contributed by atoms with Crippen molar-refractivity contribution in [3.05, 3.63) is 96.7 Å². The minimum Gasteiger partial charge on any atom is -0.481 e. The Hall–Kier alpha value is -3.27. The van der Waals surface area contributed by atoms with Crippen LogP contribution >= 0.6 is 39.1 Å². The second-order valence-electron chi connectivity index (χ2n) is 8.31. The maximum Gasteiger partial charge on any atom is 0.282 e. The number of hydrogen-bond acceptors (Lipinski definition) is 5. The molecule has 4 rings (SSSR count). The molecule has 7 nitrogen and oxygen atoms in total. The summed E-state index contributed by atoms with van der Waals surface area (Å²) < 4.78 is 20.8. The van der Waals surface area contributed by atoms with Gasteiger partial charge in [-0.25, -0.2) is 9.37 Å². The first-order chi connectivity index (χ1) is 17.6. The average molecular weight is 606 g/mol. The van der Waals surface area contributed by atoms with Crippen LogP contribution in [0.3, 0.4) is 0 Å². The van der Waals surface area contributed by atoms with Crippen LogP contribution in [-0.4, -0.2) is 28.4 Å². The van der Waals surface area contributed by atoms with Crippen molar-refractivity contribution in [2.75, 3.05) is 11.9 Å². The van der Waals surface area contributed by atoms with Gasteiger partial charge in [0.2, 0.25) is 0 Å². The van der Waals surface area contributed by atoms with Gasteiger partial charge in [-0.1, -0.05) is 59.0 Å². The Balaban J connectivity index is 1.56. The summed E-state index contributed by atoms with van der Waals surface area (Å²) in [5.41, 5.74) is 1.07. The number of nitrogens with one attached hydrogen (secondary N) is 1. The number of rotatable bonds is 7. The minimum absolute atomic E-state index is 0.0700. The fraction of sp³-hybridized carbons (Fsp3) is 0.154. The number of fused-ring (bicyclic) bond motifs is 1. The fourth-order valence-corrected chi connectivity index (χ4v) is 4.44. The second kappa shape index (κ2) is 11.4. The van der Waals surface area contributed by atoms with E-state index >= 15 is 0 Å².